The van der Waals surface area contributed by atoms with Crippen LogP contribution in [0.25, 0.3) is 11.1 Å². The molecule has 0 saturated heterocycles. The number of rotatable bonds is 7. The molecule has 0 aliphatic rings. The average Bonchev–Trinajstić information content (AvgIpc) is 2.79. The number of hydrogen-bond donors (Lipinski definition) is 1. The van der Waals surface area contributed by atoms with Crippen LogP contribution in [0.3, 0.4) is 0 Å². The van der Waals surface area contributed by atoms with Crippen molar-refractivity contribution in [2.45, 2.75) is 18.5 Å². The minimum absolute atomic E-state index is 0.281. The van der Waals surface area contributed by atoms with Gasteiger partial charge in [0.05, 0.1) is 0 Å². The van der Waals surface area contributed by atoms with Crippen LogP contribution in [0.1, 0.15) is 18.6 Å². The molecule has 1 unspecified atom stereocenters. The van der Waals surface area contributed by atoms with Crippen molar-refractivity contribution >= 4 is 33.9 Å². The monoisotopic (exact) mass is 516 g/mol. The molecule has 0 bridgehead atoms. The van der Waals surface area contributed by atoms with Crippen LogP contribution in [0, 0.1) is 0 Å². The van der Waals surface area contributed by atoms with Crippen LogP contribution < -0.4 is 9.50 Å². The molecular weight excluding hydrogens is 497 g/mol. The molecule has 1 heterocycles. The SMILES string of the molecule is CC(OC=O)c1ccccc1Cl.CNc1ccncc1-c1ccc(OS(=O)(=O)C(F)(F)F)cc1. The Kier molecular flexibility index (Phi) is 9.28. The van der Waals surface area contributed by atoms with E-state index in [-0.39, 0.29) is 6.10 Å². The highest BCUT2D eigenvalue weighted by Crippen LogP contribution is 2.31. The Bertz CT molecular complexity index is 1210. The third kappa shape index (κ3) is 7.09. The van der Waals surface area contributed by atoms with Crippen molar-refractivity contribution in [3.8, 4) is 16.9 Å². The van der Waals surface area contributed by atoms with Gasteiger partial charge in [-0.3, -0.25) is 9.78 Å². The lowest BCUT2D eigenvalue weighted by Crippen LogP contribution is -2.28. The first-order valence-corrected chi connectivity index (χ1v) is 11.3. The molecule has 0 aliphatic carbocycles. The number of carbonyl (C=O) groups excluding carboxylic acids is 1. The van der Waals surface area contributed by atoms with Gasteiger partial charge in [0.25, 0.3) is 6.47 Å². The van der Waals surface area contributed by atoms with Crippen molar-refractivity contribution in [1.29, 1.82) is 0 Å². The number of benzene rings is 2. The number of pyridine rings is 1. The van der Waals surface area contributed by atoms with Crippen LogP contribution >= 0.6 is 11.6 Å². The Hall–Kier alpha value is -3.31. The average molecular weight is 517 g/mol. The summed E-state index contributed by atoms with van der Waals surface area (Å²) in [7, 11) is -3.95. The number of anilines is 1. The van der Waals surface area contributed by atoms with Crippen molar-refractivity contribution in [3.05, 3.63) is 77.6 Å². The van der Waals surface area contributed by atoms with Crippen LogP contribution in [0.4, 0.5) is 18.9 Å². The zero-order valence-electron chi connectivity index (χ0n) is 17.9. The van der Waals surface area contributed by atoms with Crippen LogP contribution in [-0.2, 0) is 19.6 Å². The lowest BCUT2D eigenvalue weighted by Gasteiger charge is -2.11. The molecular formula is C22H20ClF3N2O5S. The molecule has 3 aromatic rings. The Morgan fingerprint density at radius 2 is 1.74 bits per heavy atom. The van der Waals surface area contributed by atoms with Crippen molar-refractivity contribution in [2.75, 3.05) is 12.4 Å². The van der Waals surface area contributed by atoms with Crippen molar-refractivity contribution in [3.63, 3.8) is 0 Å². The molecule has 0 spiro atoms. The maximum absolute atomic E-state index is 12.2. The van der Waals surface area contributed by atoms with Crippen LogP contribution in [-0.4, -0.2) is 32.4 Å². The van der Waals surface area contributed by atoms with Crippen LogP contribution in [0.5, 0.6) is 5.75 Å². The van der Waals surface area contributed by atoms with E-state index in [0.717, 1.165) is 28.9 Å². The summed E-state index contributed by atoms with van der Waals surface area (Å²) >= 11 is 5.86. The molecule has 0 fully saturated rings. The summed E-state index contributed by atoms with van der Waals surface area (Å²) in [6.07, 6.45) is 2.88. The van der Waals surface area contributed by atoms with Gasteiger partial charge in [0.1, 0.15) is 11.9 Å². The van der Waals surface area contributed by atoms with E-state index in [1.54, 1.807) is 38.5 Å². The van der Waals surface area contributed by atoms with E-state index >= 15 is 0 Å². The van der Waals surface area contributed by atoms with Gasteiger partial charge in [-0.15, -0.1) is 0 Å². The normalized spacial score (nSPS) is 12.1. The molecule has 182 valence electrons. The summed E-state index contributed by atoms with van der Waals surface area (Å²) in [6.45, 7) is 2.20. The second kappa shape index (κ2) is 11.7. The summed E-state index contributed by atoms with van der Waals surface area (Å²) in [4.78, 5) is 14.0. The summed E-state index contributed by atoms with van der Waals surface area (Å²) in [5.41, 5.74) is -2.50. The van der Waals surface area contributed by atoms with Gasteiger partial charge in [-0.1, -0.05) is 41.9 Å². The second-order valence-corrected chi connectivity index (χ2v) is 8.52. The number of aromatic nitrogens is 1. The van der Waals surface area contributed by atoms with Gasteiger partial charge in [0, 0.05) is 41.3 Å². The Morgan fingerprint density at radius 1 is 1.09 bits per heavy atom. The molecule has 1 atom stereocenters. The summed E-state index contributed by atoms with van der Waals surface area (Å²) in [5, 5.41) is 3.57. The summed E-state index contributed by atoms with van der Waals surface area (Å²) in [6, 6.07) is 14.2. The van der Waals surface area contributed by atoms with Gasteiger partial charge in [0.2, 0.25) is 0 Å². The van der Waals surface area contributed by atoms with Crippen LogP contribution in [0.2, 0.25) is 5.02 Å². The van der Waals surface area contributed by atoms with E-state index in [4.69, 9.17) is 16.3 Å². The van der Waals surface area contributed by atoms with Crippen molar-refractivity contribution in [1.82, 2.24) is 4.98 Å². The highest BCUT2D eigenvalue weighted by atomic mass is 35.5. The van der Waals surface area contributed by atoms with Gasteiger partial charge in [-0.05, 0) is 36.8 Å². The van der Waals surface area contributed by atoms with Gasteiger partial charge < -0.3 is 14.2 Å². The molecule has 0 amide bonds. The Balaban J connectivity index is 0.000000287. The topological polar surface area (TPSA) is 94.6 Å². The third-order valence-electron chi connectivity index (χ3n) is 4.35. The van der Waals surface area contributed by atoms with Gasteiger partial charge >= 0.3 is 15.6 Å². The van der Waals surface area contributed by atoms with Crippen molar-refractivity contribution < 1.29 is 35.3 Å². The molecule has 3 rings (SSSR count). The summed E-state index contributed by atoms with van der Waals surface area (Å²) < 4.78 is 67.3. The number of halogens is 4. The van der Waals surface area contributed by atoms with E-state index in [1.165, 1.54) is 12.1 Å². The van der Waals surface area contributed by atoms with E-state index < -0.39 is 21.4 Å². The standard InChI is InChI=1S/C13H11F3N2O3S.C9H9ClO2/c1-17-12-6-7-18-8-11(12)9-2-4-10(5-3-9)21-22(19,20)13(14,15)16;1-7(12-6-11)8-4-2-3-5-9(8)10/h2-8H,1H3,(H,17,18);2-7H,1H3. The minimum atomic E-state index is -5.67. The lowest BCUT2D eigenvalue weighted by atomic mass is 10.1. The molecule has 34 heavy (non-hydrogen) atoms. The number of ether oxygens (including phenoxy) is 1. The Morgan fingerprint density at radius 3 is 2.29 bits per heavy atom. The number of nitrogens with zero attached hydrogens (tertiary/aromatic N) is 1. The third-order valence-corrected chi connectivity index (χ3v) is 5.67. The highest BCUT2D eigenvalue weighted by Gasteiger charge is 2.48. The number of hydrogen-bond acceptors (Lipinski definition) is 7. The molecule has 0 radical (unpaired) electrons. The number of carbonyl (C=O) groups is 1. The second-order valence-electron chi connectivity index (χ2n) is 6.57. The fourth-order valence-electron chi connectivity index (χ4n) is 2.67. The van der Waals surface area contributed by atoms with Crippen molar-refractivity contribution in [2.24, 2.45) is 0 Å². The molecule has 12 heteroatoms. The molecule has 0 aliphatic heterocycles. The quantitative estimate of drug-likeness (QED) is 0.248. The Labute approximate surface area is 199 Å². The predicted octanol–water partition coefficient (Wildman–Crippen LogP) is 5.59. The first-order chi connectivity index (χ1) is 16.0. The lowest BCUT2D eigenvalue weighted by molar-refractivity contribution is -0.133. The molecule has 0 saturated carbocycles. The summed E-state index contributed by atoms with van der Waals surface area (Å²) in [5.74, 6) is -0.420. The zero-order chi connectivity index (χ0) is 25.4. The fourth-order valence-corrected chi connectivity index (χ4v) is 3.42. The van der Waals surface area contributed by atoms with Gasteiger partial charge in [0.15, 0.2) is 0 Å². The van der Waals surface area contributed by atoms with E-state index in [2.05, 4.69) is 14.5 Å². The van der Waals surface area contributed by atoms with E-state index in [9.17, 15) is 26.4 Å². The van der Waals surface area contributed by atoms with Gasteiger partial charge in [-0.25, -0.2) is 0 Å². The molecule has 1 N–H and O–H groups in total. The first kappa shape index (κ1) is 26.9. The first-order valence-electron chi connectivity index (χ1n) is 9.56. The zero-order valence-corrected chi connectivity index (χ0v) is 19.5. The van der Waals surface area contributed by atoms with Crippen LogP contribution in [0.15, 0.2) is 67.0 Å². The predicted molar refractivity (Wildman–Crippen MR) is 122 cm³/mol. The molecule has 2 aromatic carbocycles. The maximum atomic E-state index is 12.2. The van der Waals surface area contributed by atoms with E-state index in [1.807, 2.05) is 18.2 Å². The minimum Gasteiger partial charge on any atom is -0.460 e. The maximum Gasteiger partial charge on any atom is 0.534 e. The molecule has 7 nitrogen and oxygen atoms in total. The fraction of sp³-hybridized carbons (Fsp3) is 0.182. The molecule has 1 aromatic heterocycles. The van der Waals surface area contributed by atoms with E-state index in [0.29, 0.717) is 17.1 Å². The van der Waals surface area contributed by atoms with Gasteiger partial charge in [-0.2, -0.15) is 21.6 Å². The smallest absolute Gasteiger partial charge is 0.460 e. The number of alkyl halides is 3. The number of nitrogens with one attached hydrogen (secondary N) is 1. The largest absolute Gasteiger partial charge is 0.534 e. The highest BCUT2D eigenvalue weighted by molar-refractivity contribution is 7.88.